The summed E-state index contributed by atoms with van der Waals surface area (Å²) < 4.78 is 0. The van der Waals surface area contributed by atoms with Crippen molar-refractivity contribution in [2.75, 3.05) is 11.9 Å². The largest absolute Gasteiger partial charge is 0.325 e. The van der Waals surface area contributed by atoms with Crippen LogP contribution in [0.1, 0.15) is 19.8 Å². The summed E-state index contributed by atoms with van der Waals surface area (Å²) in [5, 5.41) is 13.8. The van der Waals surface area contributed by atoms with Gasteiger partial charge in [-0.1, -0.05) is 42.5 Å². The molecular weight excluding hydrogens is 374 g/mol. The summed E-state index contributed by atoms with van der Waals surface area (Å²) >= 11 is 0. The monoisotopic (exact) mass is 397 g/mol. The van der Waals surface area contributed by atoms with E-state index < -0.39 is 0 Å². The van der Waals surface area contributed by atoms with Crippen molar-refractivity contribution in [3.63, 3.8) is 0 Å². The number of carbonyl (C=O) groups excluding carboxylic acids is 1. The van der Waals surface area contributed by atoms with Gasteiger partial charge in [-0.25, -0.2) is 4.98 Å². The van der Waals surface area contributed by atoms with Crippen LogP contribution in [-0.2, 0) is 4.79 Å². The number of hydrogen-bond acceptors (Lipinski definition) is 4. The first-order chi connectivity index (χ1) is 13.2. The van der Waals surface area contributed by atoms with Crippen molar-refractivity contribution in [1.29, 1.82) is 0 Å². The van der Waals surface area contributed by atoms with Gasteiger partial charge >= 0.3 is 0 Å². The fourth-order valence-corrected chi connectivity index (χ4v) is 3.50. The average Bonchev–Trinajstić information content (AvgIpc) is 3.19. The quantitative estimate of drug-likeness (QED) is 0.623. The van der Waals surface area contributed by atoms with Crippen LogP contribution < -0.4 is 10.6 Å². The van der Waals surface area contributed by atoms with Crippen LogP contribution in [-0.4, -0.2) is 33.7 Å². The molecule has 28 heavy (non-hydrogen) atoms. The van der Waals surface area contributed by atoms with Crippen molar-refractivity contribution in [3.8, 4) is 22.8 Å². The molecule has 0 bridgehead atoms. The Morgan fingerprint density at radius 1 is 1.11 bits per heavy atom. The Kier molecular flexibility index (Phi) is 6.44. The maximum absolute atomic E-state index is 12.7. The number of rotatable bonds is 4. The molecule has 3 N–H and O–H groups in total. The molecule has 6 nitrogen and oxygen atoms in total. The van der Waals surface area contributed by atoms with Gasteiger partial charge < -0.3 is 10.6 Å². The van der Waals surface area contributed by atoms with Gasteiger partial charge in [0.1, 0.15) is 0 Å². The first-order valence-corrected chi connectivity index (χ1v) is 9.32. The highest BCUT2D eigenvalue weighted by atomic mass is 35.5. The number of aromatic amines is 1. The lowest BCUT2D eigenvalue weighted by Gasteiger charge is -2.27. The van der Waals surface area contributed by atoms with E-state index in [0.717, 1.165) is 36.2 Å². The second-order valence-corrected chi connectivity index (χ2v) is 6.98. The van der Waals surface area contributed by atoms with E-state index in [1.165, 1.54) is 0 Å². The summed E-state index contributed by atoms with van der Waals surface area (Å²) in [6, 6.07) is 17.9. The Bertz CT molecular complexity index is 927. The first-order valence-electron chi connectivity index (χ1n) is 9.32. The van der Waals surface area contributed by atoms with E-state index in [1.807, 2.05) is 54.6 Å². The lowest BCUT2D eigenvalue weighted by atomic mass is 9.92. The zero-order valence-electron chi connectivity index (χ0n) is 15.7. The fraction of sp³-hybridized carbons (Fsp3) is 0.286. The van der Waals surface area contributed by atoms with Crippen LogP contribution in [0.5, 0.6) is 0 Å². The van der Waals surface area contributed by atoms with Crippen molar-refractivity contribution in [2.24, 2.45) is 5.92 Å². The van der Waals surface area contributed by atoms with Crippen LogP contribution in [0.15, 0.2) is 54.6 Å². The number of para-hydroxylation sites is 1. The topological polar surface area (TPSA) is 82.7 Å². The molecule has 1 aliphatic heterocycles. The normalized spacial score (nSPS) is 18.9. The second-order valence-electron chi connectivity index (χ2n) is 6.98. The SMILES string of the molecule is C[C@H]1C[C@@H](C(=O)Nc2ccccc2-c2nc(-c3ccccc3)n[nH]2)CCN1.Cl. The van der Waals surface area contributed by atoms with E-state index >= 15 is 0 Å². The lowest BCUT2D eigenvalue weighted by molar-refractivity contribution is -0.120. The predicted molar refractivity (Wildman–Crippen MR) is 113 cm³/mol. The zero-order valence-corrected chi connectivity index (χ0v) is 16.5. The number of carbonyl (C=O) groups is 1. The molecule has 0 unspecified atom stereocenters. The van der Waals surface area contributed by atoms with Gasteiger partial charge in [0.2, 0.25) is 5.91 Å². The maximum atomic E-state index is 12.7. The van der Waals surface area contributed by atoms with Crippen LogP contribution >= 0.6 is 12.4 Å². The number of benzene rings is 2. The number of piperidine rings is 1. The van der Waals surface area contributed by atoms with E-state index in [2.05, 4.69) is 32.7 Å². The third kappa shape index (κ3) is 4.40. The standard InChI is InChI=1S/C21H23N5O.ClH/c1-14-13-16(11-12-22-14)21(27)23-18-10-6-5-9-17(18)20-24-19(25-26-20)15-7-3-2-4-8-15;/h2-10,14,16,22H,11-13H2,1H3,(H,23,27)(H,24,25,26);1H/t14-,16-;/m0./s1. The number of halogens is 1. The highest BCUT2D eigenvalue weighted by molar-refractivity contribution is 5.96. The van der Waals surface area contributed by atoms with Crippen molar-refractivity contribution in [2.45, 2.75) is 25.8 Å². The van der Waals surface area contributed by atoms with E-state index in [0.29, 0.717) is 17.7 Å². The molecule has 0 saturated carbocycles. The van der Waals surface area contributed by atoms with Gasteiger partial charge in [-0.3, -0.25) is 9.89 Å². The Morgan fingerprint density at radius 2 is 1.86 bits per heavy atom. The molecule has 1 aromatic heterocycles. The predicted octanol–water partition coefficient (Wildman–Crippen LogP) is 3.89. The number of nitrogens with zero attached hydrogens (tertiary/aromatic N) is 2. The van der Waals surface area contributed by atoms with Crippen LogP contribution in [0.2, 0.25) is 0 Å². The van der Waals surface area contributed by atoms with Crippen LogP contribution in [0, 0.1) is 5.92 Å². The molecule has 0 aliphatic carbocycles. The zero-order chi connectivity index (χ0) is 18.6. The molecule has 3 aromatic rings. The molecule has 2 atom stereocenters. The van der Waals surface area contributed by atoms with Crippen LogP contribution in [0.25, 0.3) is 22.8 Å². The summed E-state index contributed by atoms with van der Waals surface area (Å²) in [7, 11) is 0. The Balaban J connectivity index is 0.00000225. The van der Waals surface area contributed by atoms with Gasteiger partial charge in [-0.2, -0.15) is 5.10 Å². The summed E-state index contributed by atoms with van der Waals surface area (Å²) in [4.78, 5) is 17.4. The first kappa shape index (κ1) is 20.0. The van der Waals surface area contributed by atoms with Crippen molar-refractivity contribution < 1.29 is 4.79 Å². The molecule has 1 aliphatic rings. The van der Waals surface area contributed by atoms with E-state index in [-0.39, 0.29) is 24.2 Å². The summed E-state index contributed by atoms with van der Waals surface area (Å²) in [5.41, 5.74) is 2.54. The number of hydrogen-bond donors (Lipinski definition) is 3. The molecular formula is C21H24ClN5O. The second kappa shape index (κ2) is 8.99. The third-order valence-electron chi connectivity index (χ3n) is 4.95. The minimum absolute atomic E-state index is 0. The molecule has 2 aromatic carbocycles. The third-order valence-corrected chi connectivity index (χ3v) is 4.95. The summed E-state index contributed by atoms with van der Waals surface area (Å²) in [6.07, 6.45) is 1.72. The Morgan fingerprint density at radius 3 is 2.64 bits per heavy atom. The number of anilines is 1. The molecule has 1 amide bonds. The minimum atomic E-state index is 0. The molecule has 0 spiro atoms. The average molecular weight is 398 g/mol. The maximum Gasteiger partial charge on any atom is 0.227 e. The van der Waals surface area contributed by atoms with Crippen LogP contribution in [0.3, 0.4) is 0 Å². The van der Waals surface area contributed by atoms with Crippen LogP contribution in [0.4, 0.5) is 5.69 Å². The van der Waals surface area contributed by atoms with Gasteiger partial charge in [-0.15, -0.1) is 12.4 Å². The molecule has 1 fully saturated rings. The van der Waals surface area contributed by atoms with Gasteiger partial charge in [0.15, 0.2) is 11.6 Å². The molecule has 7 heteroatoms. The van der Waals surface area contributed by atoms with Crippen molar-refractivity contribution >= 4 is 24.0 Å². The Hall–Kier alpha value is -2.70. The summed E-state index contributed by atoms with van der Waals surface area (Å²) in [6.45, 7) is 3.00. The Labute approximate surface area is 170 Å². The van der Waals surface area contributed by atoms with E-state index in [9.17, 15) is 4.79 Å². The fourth-order valence-electron chi connectivity index (χ4n) is 3.50. The van der Waals surface area contributed by atoms with Gasteiger partial charge in [0, 0.05) is 23.1 Å². The smallest absolute Gasteiger partial charge is 0.227 e. The van der Waals surface area contributed by atoms with Crippen molar-refractivity contribution in [3.05, 3.63) is 54.6 Å². The highest BCUT2D eigenvalue weighted by Crippen LogP contribution is 2.28. The minimum Gasteiger partial charge on any atom is -0.325 e. The number of H-pyrrole nitrogens is 1. The molecule has 1 saturated heterocycles. The molecule has 2 heterocycles. The number of aromatic nitrogens is 3. The number of nitrogens with one attached hydrogen (secondary N) is 3. The van der Waals surface area contributed by atoms with E-state index in [4.69, 9.17) is 0 Å². The van der Waals surface area contributed by atoms with Gasteiger partial charge in [0.05, 0.1) is 5.69 Å². The molecule has 4 rings (SSSR count). The summed E-state index contributed by atoms with van der Waals surface area (Å²) in [5.74, 6) is 1.38. The van der Waals surface area contributed by atoms with Gasteiger partial charge in [0.25, 0.3) is 0 Å². The highest BCUT2D eigenvalue weighted by Gasteiger charge is 2.25. The van der Waals surface area contributed by atoms with E-state index in [1.54, 1.807) is 0 Å². The van der Waals surface area contributed by atoms with Crippen molar-refractivity contribution in [1.82, 2.24) is 20.5 Å². The van der Waals surface area contributed by atoms with Gasteiger partial charge in [-0.05, 0) is 38.4 Å². The lowest BCUT2D eigenvalue weighted by Crippen LogP contribution is -2.40. The molecule has 146 valence electrons. The number of amides is 1. The molecule has 0 radical (unpaired) electrons.